The van der Waals surface area contributed by atoms with E-state index in [2.05, 4.69) is 10.6 Å². The number of hydrogen-bond donors (Lipinski definition) is 3. The lowest BCUT2D eigenvalue weighted by Gasteiger charge is -2.14. The molecule has 1 saturated carbocycles. The summed E-state index contributed by atoms with van der Waals surface area (Å²) in [6.07, 6.45) is 1.54. The highest BCUT2D eigenvalue weighted by Crippen LogP contribution is 2.33. The maximum absolute atomic E-state index is 13.2. The van der Waals surface area contributed by atoms with Crippen LogP contribution in [-0.2, 0) is 4.79 Å². The van der Waals surface area contributed by atoms with Gasteiger partial charge in [0.05, 0.1) is 10.0 Å². The maximum atomic E-state index is 13.2. The van der Waals surface area contributed by atoms with E-state index in [-0.39, 0.29) is 21.7 Å². The van der Waals surface area contributed by atoms with Gasteiger partial charge >= 0.3 is 12.0 Å². The van der Waals surface area contributed by atoms with E-state index < -0.39 is 23.9 Å². The molecule has 1 aromatic rings. The van der Waals surface area contributed by atoms with Gasteiger partial charge in [0.15, 0.2) is 5.82 Å². The molecule has 2 rings (SSSR count). The van der Waals surface area contributed by atoms with Crippen molar-refractivity contribution in [3.05, 3.63) is 28.0 Å². The molecule has 1 aromatic carbocycles. The van der Waals surface area contributed by atoms with Crippen molar-refractivity contribution in [2.45, 2.75) is 18.9 Å². The third kappa shape index (κ3) is 3.52. The van der Waals surface area contributed by atoms with E-state index in [0.717, 1.165) is 12.8 Å². The third-order valence-electron chi connectivity index (χ3n) is 2.89. The van der Waals surface area contributed by atoms with Gasteiger partial charge in [0.2, 0.25) is 0 Å². The Morgan fingerprint density at radius 2 is 1.85 bits per heavy atom. The van der Waals surface area contributed by atoms with E-state index in [9.17, 15) is 14.0 Å². The molecule has 0 radical (unpaired) electrons. The smallest absolute Gasteiger partial charge is 0.326 e. The zero-order valence-electron chi connectivity index (χ0n) is 10.1. The van der Waals surface area contributed by atoms with Crippen LogP contribution < -0.4 is 10.6 Å². The number of carboxylic acid groups (broad SMARTS) is 1. The Morgan fingerprint density at radius 1 is 1.30 bits per heavy atom. The lowest BCUT2D eigenvalue weighted by Crippen LogP contribution is -2.44. The molecule has 0 saturated heterocycles. The number of benzene rings is 1. The monoisotopic (exact) mass is 320 g/mol. The van der Waals surface area contributed by atoms with Crippen molar-refractivity contribution in [2.75, 3.05) is 5.32 Å². The number of halogens is 3. The topological polar surface area (TPSA) is 78.4 Å². The highest BCUT2D eigenvalue weighted by Gasteiger charge is 2.37. The molecule has 20 heavy (non-hydrogen) atoms. The average molecular weight is 321 g/mol. The number of anilines is 1. The zero-order chi connectivity index (χ0) is 14.9. The molecule has 0 aromatic heterocycles. The molecule has 1 atom stereocenters. The lowest BCUT2D eigenvalue weighted by atomic mass is 10.2. The van der Waals surface area contributed by atoms with Gasteiger partial charge in [-0.1, -0.05) is 23.2 Å². The molecule has 2 amide bonds. The number of carboxylic acids is 1. The molecule has 0 bridgehead atoms. The quantitative estimate of drug-likeness (QED) is 0.746. The molecule has 1 aliphatic carbocycles. The Kier molecular flexibility index (Phi) is 4.35. The fourth-order valence-electron chi connectivity index (χ4n) is 1.75. The standard InChI is InChI=1S/C12H11Cl2FN2O3/c13-7-3-6(4-8(14)9(7)15)16-12(20)17-10(11(18)19)5-1-2-5/h3-5,10H,1-2H2,(H,18,19)(H2,16,17,20). The van der Waals surface area contributed by atoms with Gasteiger partial charge in [0, 0.05) is 5.69 Å². The summed E-state index contributed by atoms with van der Waals surface area (Å²) in [5.74, 6) is -1.91. The number of aliphatic carboxylic acids is 1. The number of urea groups is 1. The van der Waals surface area contributed by atoms with Crippen LogP contribution in [0.2, 0.25) is 10.0 Å². The van der Waals surface area contributed by atoms with Gasteiger partial charge in [0.1, 0.15) is 6.04 Å². The number of carbonyl (C=O) groups excluding carboxylic acids is 1. The Hall–Kier alpha value is -1.53. The fraction of sp³-hybridized carbons (Fsp3) is 0.333. The first kappa shape index (κ1) is 14.9. The number of nitrogens with one attached hydrogen (secondary N) is 2. The molecular formula is C12H11Cl2FN2O3. The van der Waals surface area contributed by atoms with Crippen molar-refractivity contribution in [3.8, 4) is 0 Å². The van der Waals surface area contributed by atoms with E-state index >= 15 is 0 Å². The first-order chi connectivity index (χ1) is 9.38. The van der Waals surface area contributed by atoms with Crippen LogP contribution >= 0.6 is 23.2 Å². The lowest BCUT2D eigenvalue weighted by molar-refractivity contribution is -0.139. The van der Waals surface area contributed by atoms with Crippen molar-refractivity contribution in [2.24, 2.45) is 5.92 Å². The molecule has 8 heteroatoms. The molecular weight excluding hydrogens is 310 g/mol. The minimum absolute atomic E-state index is 0.0429. The van der Waals surface area contributed by atoms with Gasteiger partial charge in [-0.15, -0.1) is 0 Å². The first-order valence-electron chi connectivity index (χ1n) is 5.83. The summed E-state index contributed by atoms with van der Waals surface area (Å²) in [5, 5.41) is 13.2. The third-order valence-corrected chi connectivity index (χ3v) is 3.44. The second-order valence-electron chi connectivity index (χ2n) is 4.51. The molecule has 0 aliphatic heterocycles. The van der Waals surface area contributed by atoms with Gasteiger partial charge in [-0.25, -0.2) is 14.0 Å². The molecule has 3 N–H and O–H groups in total. The highest BCUT2D eigenvalue weighted by atomic mass is 35.5. The zero-order valence-corrected chi connectivity index (χ0v) is 11.6. The van der Waals surface area contributed by atoms with Gasteiger partial charge in [-0.2, -0.15) is 0 Å². The van der Waals surface area contributed by atoms with Crippen LogP contribution in [0.1, 0.15) is 12.8 Å². The second kappa shape index (κ2) is 5.85. The highest BCUT2D eigenvalue weighted by molar-refractivity contribution is 6.35. The van der Waals surface area contributed by atoms with Gasteiger partial charge < -0.3 is 15.7 Å². The minimum atomic E-state index is -1.09. The van der Waals surface area contributed by atoms with Gasteiger partial charge in [-0.3, -0.25) is 0 Å². The normalized spacial score (nSPS) is 15.6. The minimum Gasteiger partial charge on any atom is -0.480 e. The van der Waals surface area contributed by atoms with E-state index in [1.807, 2.05) is 0 Å². The molecule has 0 heterocycles. The summed E-state index contributed by atoms with van der Waals surface area (Å²) in [5.41, 5.74) is 0.179. The van der Waals surface area contributed by atoms with Gasteiger partial charge in [0.25, 0.3) is 0 Å². The Labute approximate surface area is 124 Å². The molecule has 0 spiro atoms. The molecule has 1 unspecified atom stereocenters. The number of amides is 2. The Balaban J connectivity index is 2.02. The first-order valence-corrected chi connectivity index (χ1v) is 6.59. The molecule has 5 nitrogen and oxygen atoms in total. The molecule has 108 valence electrons. The fourth-order valence-corrected chi connectivity index (χ4v) is 2.23. The number of hydrogen-bond acceptors (Lipinski definition) is 2. The van der Waals surface area contributed by atoms with Crippen LogP contribution in [0.3, 0.4) is 0 Å². The van der Waals surface area contributed by atoms with Crippen LogP contribution in [-0.4, -0.2) is 23.1 Å². The van der Waals surface area contributed by atoms with Gasteiger partial charge in [-0.05, 0) is 30.9 Å². The van der Waals surface area contributed by atoms with Crippen LogP contribution in [0, 0.1) is 11.7 Å². The average Bonchev–Trinajstić information content (AvgIpc) is 3.16. The van der Waals surface area contributed by atoms with Crippen LogP contribution in [0.15, 0.2) is 12.1 Å². The molecule has 1 fully saturated rings. The van der Waals surface area contributed by atoms with Crippen LogP contribution in [0.25, 0.3) is 0 Å². The number of carbonyl (C=O) groups is 2. The predicted molar refractivity (Wildman–Crippen MR) is 72.7 cm³/mol. The van der Waals surface area contributed by atoms with Crippen LogP contribution in [0.4, 0.5) is 14.9 Å². The molecule has 1 aliphatic rings. The van der Waals surface area contributed by atoms with Crippen molar-refractivity contribution < 1.29 is 19.1 Å². The van der Waals surface area contributed by atoms with Crippen molar-refractivity contribution in [1.29, 1.82) is 0 Å². The summed E-state index contributed by atoms with van der Waals surface area (Å²) >= 11 is 11.2. The van der Waals surface area contributed by atoms with E-state index in [1.165, 1.54) is 12.1 Å². The maximum Gasteiger partial charge on any atom is 0.326 e. The SMILES string of the molecule is O=C(Nc1cc(Cl)c(F)c(Cl)c1)NC(C(=O)O)C1CC1. The summed E-state index contributed by atoms with van der Waals surface area (Å²) in [6, 6.07) is 0.745. The Bertz CT molecular complexity index is 541. The van der Waals surface area contributed by atoms with Crippen molar-refractivity contribution in [1.82, 2.24) is 5.32 Å². The van der Waals surface area contributed by atoms with Crippen molar-refractivity contribution >= 4 is 40.9 Å². The van der Waals surface area contributed by atoms with Crippen molar-refractivity contribution in [3.63, 3.8) is 0 Å². The van der Waals surface area contributed by atoms with E-state index in [4.69, 9.17) is 28.3 Å². The summed E-state index contributed by atoms with van der Waals surface area (Å²) in [7, 11) is 0. The summed E-state index contributed by atoms with van der Waals surface area (Å²) in [4.78, 5) is 22.7. The number of rotatable bonds is 4. The van der Waals surface area contributed by atoms with Crippen LogP contribution in [0.5, 0.6) is 0 Å². The summed E-state index contributed by atoms with van der Waals surface area (Å²) < 4.78 is 13.2. The van der Waals surface area contributed by atoms with E-state index in [0.29, 0.717) is 0 Å². The largest absolute Gasteiger partial charge is 0.480 e. The summed E-state index contributed by atoms with van der Waals surface area (Å²) in [6.45, 7) is 0. The second-order valence-corrected chi connectivity index (χ2v) is 5.32. The predicted octanol–water partition coefficient (Wildman–Crippen LogP) is 3.12. The van der Waals surface area contributed by atoms with E-state index in [1.54, 1.807) is 0 Å². The Morgan fingerprint density at radius 3 is 2.30 bits per heavy atom.